The van der Waals surface area contributed by atoms with Gasteiger partial charge in [-0.25, -0.2) is 9.78 Å². The zero-order valence-electron chi connectivity index (χ0n) is 13.1. The predicted molar refractivity (Wildman–Crippen MR) is 93.4 cm³/mol. The van der Waals surface area contributed by atoms with Crippen LogP contribution in [0.4, 0.5) is 5.95 Å². The van der Waals surface area contributed by atoms with Gasteiger partial charge >= 0.3 is 5.97 Å². The molecule has 0 aliphatic carbocycles. The van der Waals surface area contributed by atoms with Crippen LogP contribution in [0.15, 0.2) is 51.0 Å². The number of hydrogen-bond acceptors (Lipinski definition) is 6. The molecule has 6 nitrogen and oxygen atoms in total. The lowest BCUT2D eigenvalue weighted by Crippen LogP contribution is -2.12. The summed E-state index contributed by atoms with van der Waals surface area (Å²) >= 11 is 1.44. The Morgan fingerprint density at radius 3 is 2.58 bits per heavy atom. The third-order valence-electron chi connectivity index (χ3n) is 3.54. The molecule has 0 aliphatic heterocycles. The quantitative estimate of drug-likeness (QED) is 0.711. The van der Waals surface area contributed by atoms with Crippen molar-refractivity contribution in [1.82, 2.24) is 9.97 Å². The van der Waals surface area contributed by atoms with Gasteiger partial charge in [0.1, 0.15) is 0 Å². The van der Waals surface area contributed by atoms with Crippen molar-refractivity contribution < 1.29 is 9.53 Å². The molecule has 0 amide bonds. The van der Waals surface area contributed by atoms with Gasteiger partial charge in [0.25, 0.3) is 5.56 Å². The van der Waals surface area contributed by atoms with E-state index in [-0.39, 0.29) is 17.5 Å². The third kappa shape index (κ3) is 2.98. The van der Waals surface area contributed by atoms with Crippen molar-refractivity contribution >= 4 is 34.6 Å². The molecule has 3 aromatic rings. The minimum absolute atomic E-state index is 0.0923. The SMILES string of the molecule is COC(=O)c1ccc(Sc2c(C)ccc3nc(N)[nH]c(=O)c23)cc1. The molecule has 0 radical (unpaired) electrons. The molecule has 0 saturated heterocycles. The Bertz CT molecular complexity index is 981. The molecule has 1 heterocycles. The maximum atomic E-state index is 12.3. The number of H-pyrrole nitrogens is 1. The first-order valence-corrected chi connectivity index (χ1v) is 7.96. The van der Waals surface area contributed by atoms with E-state index in [1.54, 1.807) is 18.2 Å². The summed E-state index contributed by atoms with van der Waals surface area (Å²) < 4.78 is 4.69. The van der Waals surface area contributed by atoms with Gasteiger partial charge in [-0.05, 0) is 42.8 Å². The number of nitrogen functional groups attached to an aromatic ring is 1. The molecule has 122 valence electrons. The second-order valence-corrected chi connectivity index (χ2v) is 6.26. The molecule has 0 bridgehead atoms. The zero-order valence-corrected chi connectivity index (χ0v) is 13.9. The molecule has 0 aliphatic rings. The van der Waals surface area contributed by atoms with Crippen LogP contribution in [0.1, 0.15) is 15.9 Å². The van der Waals surface area contributed by atoms with Crippen molar-refractivity contribution in [3.63, 3.8) is 0 Å². The number of carbonyl (C=O) groups excluding carboxylic acids is 1. The number of benzene rings is 2. The van der Waals surface area contributed by atoms with Crippen LogP contribution in [0, 0.1) is 6.92 Å². The number of ether oxygens (including phenoxy) is 1. The lowest BCUT2D eigenvalue weighted by atomic mass is 10.1. The van der Waals surface area contributed by atoms with Crippen molar-refractivity contribution in [3.05, 3.63) is 57.9 Å². The van der Waals surface area contributed by atoms with Gasteiger partial charge in [0.15, 0.2) is 0 Å². The Morgan fingerprint density at radius 1 is 1.21 bits per heavy atom. The van der Waals surface area contributed by atoms with Crippen LogP contribution < -0.4 is 11.3 Å². The molecule has 0 spiro atoms. The lowest BCUT2D eigenvalue weighted by molar-refractivity contribution is 0.0600. The number of hydrogen-bond donors (Lipinski definition) is 2. The maximum absolute atomic E-state index is 12.3. The molecule has 24 heavy (non-hydrogen) atoms. The Morgan fingerprint density at radius 2 is 1.92 bits per heavy atom. The number of aromatic amines is 1. The number of nitrogens with zero attached hydrogens (tertiary/aromatic N) is 1. The van der Waals surface area contributed by atoms with Crippen LogP contribution in [0.2, 0.25) is 0 Å². The molecule has 7 heteroatoms. The Labute approximate surface area is 142 Å². The highest BCUT2D eigenvalue weighted by molar-refractivity contribution is 7.99. The van der Waals surface area contributed by atoms with Crippen LogP contribution in [0.25, 0.3) is 10.9 Å². The Kier molecular flexibility index (Phi) is 4.26. The molecule has 1 aromatic heterocycles. The average molecular weight is 341 g/mol. The van der Waals surface area contributed by atoms with E-state index in [0.29, 0.717) is 16.5 Å². The standard InChI is InChI=1S/C17H15N3O3S/c1-9-3-8-12-13(15(21)20-17(18)19-12)14(9)24-11-6-4-10(5-7-11)16(22)23-2/h3-8H,1-2H3,(H3,18,19,20,21). The van der Waals surface area contributed by atoms with Gasteiger partial charge in [0, 0.05) is 9.79 Å². The minimum Gasteiger partial charge on any atom is -0.465 e. The van der Waals surface area contributed by atoms with E-state index < -0.39 is 0 Å². The van der Waals surface area contributed by atoms with Gasteiger partial charge in [-0.2, -0.15) is 0 Å². The highest BCUT2D eigenvalue weighted by Crippen LogP contribution is 2.34. The minimum atomic E-state index is -0.385. The largest absolute Gasteiger partial charge is 0.465 e. The second-order valence-electron chi connectivity index (χ2n) is 5.17. The van der Waals surface area contributed by atoms with Gasteiger partial charge in [0.2, 0.25) is 5.95 Å². The van der Waals surface area contributed by atoms with Crippen molar-refractivity contribution in [2.45, 2.75) is 16.7 Å². The van der Waals surface area contributed by atoms with E-state index >= 15 is 0 Å². The summed E-state index contributed by atoms with van der Waals surface area (Å²) in [5.74, 6) is -0.293. The molecule has 0 unspecified atom stereocenters. The molecular formula is C17H15N3O3S. The van der Waals surface area contributed by atoms with Crippen LogP contribution in [-0.2, 0) is 4.74 Å². The van der Waals surface area contributed by atoms with Crippen LogP contribution in [0.3, 0.4) is 0 Å². The number of methoxy groups -OCH3 is 1. The van der Waals surface area contributed by atoms with Crippen LogP contribution in [-0.4, -0.2) is 23.0 Å². The number of esters is 1. The summed E-state index contributed by atoms with van der Waals surface area (Å²) in [5, 5.41) is 0.506. The van der Waals surface area contributed by atoms with Crippen molar-refractivity contribution in [3.8, 4) is 0 Å². The lowest BCUT2D eigenvalue weighted by Gasteiger charge is -2.09. The fourth-order valence-electron chi connectivity index (χ4n) is 2.35. The summed E-state index contributed by atoms with van der Waals surface area (Å²) in [7, 11) is 1.34. The smallest absolute Gasteiger partial charge is 0.337 e. The Hall–Kier alpha value is -2.80. The predicted octanol–water partition coefficient (Wildman–Crippen LogP) is 2.75. The molecule has 2 aromatic carbocycles. The summed E-state index contributed by atoms with van der Waals surface area (Å²) in [6, 6.07) is 10.7. The molecular weight excluding hydrogens is 326 g/mol. The number of carbonyl (C=O) groups is 1. The van der Waals surface area contributed by atoms with Crippen molar-refractivity contribution in [1.29, 1.82) is 0 Å². The topological polar surface area (TPSA) is 98.1 Å². The monoisotopic (exact) mass is 341 g/mol. The average Bonchev–Trinajstić information content (AvgIpc) is 2.57. The van der Waals surface area contributed by atoms with Gasteiger partial charge < -0.3 is 10.5 Å². The number of nitrogens with two attached hydrogens (primary N) is 1. The summed E-state index contributed by atoms with van der Waals surface area (Å²) in [6.07, 6.45) is 0. The zero-order chi connectivity index (χ0) is 17.3. The molecule has 0 atom stereocenters. The number of aromatic nitrogens is 2. The second kappa shape index (κ2) is 6.37. The molecule has 0 saturated carbocycles. The van der Waals surface area contributed by atoms with E-state index in [4.69, 9.17) is 5.73 Å². The van der Waals surface area contributed by atoms with E-state index in [9.17, 15) is 9.59 Å². The Balaban J connectivity index is 2.05. The molecule has 3 rings (SSSR count). The highest BCUT2D eigenvalue weighted by atomic mass is 32.2. The fraction of sp³-hybridized carbons (Fsp3) is 0.118. The number of nitrogens with one attached hydrogen (secondary N) is 1. The van der Waals surface area contributed by atoms with Gasteiger partial charge in [-0.3, -0.25) is 9.78 Å². The van der Waals surface area contributed by atoms with Gasteiger partial charge in [0.05, 0.1) is 23.6 Å². The van der Waals surface area contributed by atoms with Gasteiger partial charge in [-0.1, -0.05) is 17.8 Å². The molecule has 3 N–H and O–H groups in total. The fourth-order valence-corrected chi connectivity index (χ4v) is 3.39. The van der Waals surface area contributed by atoms with Crippen LogP contribution >= 0.6 is 11.8 Å². The first-order chi connectivity index (χ1) is 11.5. The summed E-state index contributed by atoms with van der Waals surface area (Å²) in [4.78, 5) is 32.2. The van der Waals surface area contributed by atoms with E-state index in [1.165, 1.54) is 18.9 Å². The van der Waals surface area contributed by atoms with Crippen LogP contribution in [0.5, 0.6) is 0 Å². The van der Waals surface area contributed by atoms with Crippen molar-refractivity contribution in [2.24, 2.45) is 0 Å². The molecule has 0 fully saturated rings. The van der Waals surface area contributed by atoms with E-state index in [2.05, 4.69) is 14.7 Å². The first-order valence-electron chi connectivity index (χ1n) is 7.15. The van der Waals surface area contributed by atoms with E-state index in [1.807, 2.05) is 25.1 Å². The summed E-state index contributed by atoms with van der Waals surface area (Å²) in [5.41, 5.74) is 7.32. The number of rotatable bonds is 3. The number of fused-ring (bicyclic) bond motifs is 1. The van der Waals surface area contributed by atoms with Gasteiger partial charge in [-0.15, -0.1) is 0 Å². The van der Waals surface area contributed by atoms with Crippen molar-refractivity contribution in [2.75, 3.05) is 12.8 Å². The van der Waals surface area contributed by atoms with E-state index in [0.717, 1.165) is 15.4 Å². The maximum Gasteiger partial charge on any atom is 0.337 e. The highest BCUT2D eigenvalue weighted by Gasteiger charge is 2.13. The third-order valence-corrected chi connectivity index (χ3v) is 4.78. The normalized spacial score (nSPS) is 10.8. The number of anilines is 1. The first kappa shape index (κ1) is 16.1. The summed E-state index contributed by atoms with van der Waals surface area (Å²) in [6.45, 7) is 1.93. The number of aryl methyl sites for hydroxylation is 1.